The highest BCUT2D eigenvalue weighted by Crippen LogP contribution is 2.19. The largest absolute Gasteiger partial charge is 0.494 e. The van der Waals surface area contributed by atoms with E-state index in [1.807, 2.05) is 6.92 Å². The molecule has 2 unspecified atom stereocenters. The minimum Gasteiger partial charge on any atom is -0.494 e. The molecule has 0 aliphatic rings. The van der Waals surface area contributed by atoms with Crippen LogP contribution >= 0.6 is 0 Å². The minimum absolute atomic E-state index is 0.0361. The lowest BCUT2D eigenvalue weighted by atomic mass is 10.0. The maximum atomic E-state index is 9.64. The van der Waals surface area contributed by atoms with E-state index in [1.165, 1.54) is 0 Å². The van der Waals surface area contributed by atoms with Crippen molar-refractivity contribution in [1.29, 1.82) is 0 Å². The molecule has 4 nitrogen and oxygen atoms in total. The molecule has 15 heavy (non-hydrogen) atoms. The first-order valence-corrected chi connectivity index (χ1v) is 4.98. The molecule has 0 fully saturated rings. The molecule has 0 heterocycles. The van der Waals surface area contributed by atoms with Crippen LogP contribution in [-0.4, -0.2) is 29.5 Å². The van der Waals surface area contributed by atoms with Crippen LogP contribution in [0.1, 0.15) is 18.6 Å². The third kappa shape index (κ3) is 3.20. The average Bonchev–Trinajstić information content (AvgIpc) is 2.28. The van der Waals surface area contributed by atoms with Crippen molar-refractivity contribution < 1.29 is 14.9 Å². The van der Waals surface area contributed by atoms with E-state index >= 15 is 0 Å². The van der Waals surface area contributed by atoms with Crippen LogP contribution in [0, 0.1) is 0 Å². The van der Waals surface area contributed by atoms with Crippen molar-refractivity contribution in [2.45, 2.75) is 19.1 Å². The van der Waals surface area contributed by atoms with Crippen LogP contribution in [0.5, 0.6) is 5.75 Å². The molecule has 0 aliphatic carbocycles. The molecule has 0 aromatic heterocycles. The lowest BCUT2D eigenvalue weighted by molar-refractivity contribution is 0.0243. The highest BCUT2D eigenvalue weighted by Gasteiger charge is 2.16. The van der Waals surface area contributed by atoms with Gasteiger partial charge in [0.15, 0.2) is 0 Å². The van der Waals surface area contributed by atoms with Gasteiger partial charge in [0.1, 0.15) is 11.9 Å². The van der Waals surface area contributed by atoms with Gasteiger partial charge in [0.25, 0.3) is 0 Å². The molecule has 1 aromatic carbocycles. The van der Waals surface area contributed by atoms with Crippen molar-refractivity contribution in [2.24, 2.45) is 5.73 Å². The van der Waals surface area contributed by atoms with E-state index in [-0.39, 0.29) is 6.54 Å². The first kappa shape index (κ1) is 12.0. The Morgan fingerprint density at radius 3 is 2.33 bits per heavy atom. The van der Waals surface area contributed by atoms with Crippen LogP contribution in [0.2, 0.25) is 0 Å². The summed E-state index contributed by atoms with van der Waals surface area (Å²) in [6.45, 7) is 2.54. The highest BCUT2D eigenvalue weighted by atomic mass is 16.5. The monoisotopic (exact) mass is 211 g/mol. The van der Waals surface area contributed by atoms with Gasteiger partial charge in [-0.1, -0.05) is 12.1 Å². The van der Waals surface area contributed by atoms with Gasteiger partial charge >= 0.3 is 0 Å². The van der Waals surface area contributed by atoms with Crippen molar-refractivity contribution in [3.8, 4) is 5.75 Å². The van der Waals surface area contributed by atoms with E-state index in [9.17, 15) is 10.2 Å². The fraction of sp³-hybridized carbons (Fsp3) is 0.455. The lowest BCUT2D eigenvalue weighted by Crippen LogP contribution is -2.27. The Morgan fingerprint density at radius 2 is 1.87 bits per heavy atom. The fourth-order valence-electron chi connectivity index (χ4n) is 1.28. The zero-order valence-electron chi connectivity index (χ0n) is 8.76. The van der Waals surface area contributed by atoms with Gasteiger partial charge in [0.05, 0.1) is 12.7 Å². The molecule has 0 amide bonds. The standard InChI is InChI=1S/C11H17NO3/c1-2-15-9-5-3-8(4-6-9)11(14)10(13)7-12/h3-6,10-11,13-14H,2,7,12H2,1H3. The quantitative estimate of drug-likeness (QED) is 0.660. The lowest BCUT2D eigenvalue weighted by Gasteiger charge is -2.16. The zero-order valence-corrected chi connectivity index (χ0v) is 8.76. The number of hydrogen-bond acceptors (Lipinski definition) is 4. The Bertz CT molecular complexity index is 286. The van der Waals surface area contributed by atoms with Gasteiger partial charge in [-0.25, -0.2) is 0 Å². The Labute approximate surface area is 89.3 Å². The second kappa shape index (κ2) is 5.70. The van der Waals surface area contributed by atoms with Gasteiger partial charge in [0.2, 0.25) is 0 Å². The summed E-state index contributed by atoms with van der Waals surface area (Å²) >= 11 is 0. The van der Waals surface area contributed by atoms with Crippen LogP contribution in [0.3, 0.4) is 0 Å². The summed E-state index contributed by atoms with van der Waals surface area (Å²) in [6, 6.07) is 6.94. The Hall–Kier alpha value is -1.10. The summed E-state index contributed by atoms with van der Waals surface area (Å²) in [7, 11) is 0. The summed E-state index contributed by atoms with van der Waals surface area (Å²) in [5.74, 6) is 0.746. The van der Waals surface area contributed by atoms with Gasteiger partial charge in [0, 0.05) is 6.54 Å². The number of rotatable bonds is 5. The smallest absolute Gasteiger partial charge is 0.119 e. The molecule has 1 aromatic rings. The topological polar surface area (TPSA) is 75.7 Å². The second-order valence-corrected chi connectivity index (χ2v) is 3.25. The molecule has 0 bridgehead atoms. The molecule has 2 atom stereocenters. The van der Waals surface area contributed by atoms with Crippen LogP contribution in [0.4, 0.5) is 0 Å². The van der Waals surface area contributed by atoms with E-state index in [0.717, 1.165) is 5.75 Å². The van der Waals surface area contributed by atoms with Gasteiger partial charge in [-0.15, -0.1) is 0 Å². The number of benzene rings is 1. The first-order valence-electron chi connectivity index (χ1n) is 4.98. The molecule has 0 saturated carbocycles. The predicted octanol–water partition coefficient (Wildman–Crippen LogP) is 0.438. The van der Waals surface area contributed by atoms with Crippen molar-refractivity contribution >= 4 is 0 Å². The van der Waals surface area contributed by atoms with Gasteiger partial charge in [-0.2, -0.15) is 0 Å². The van der Waals surface area contributed by atoms with Crippen LogP contribution < -0.4 is 10.5 Å². The number of aliphatic hydroxyl groups is 2. The molecule has 0 spiro atoms. The third-order valence-corrected chi connectivity index (χ3v) is 2.14. The molecular formula is C11H17NO3. The summed E-state index contributed by atoms with van der Waals surface area (Å²) < 4.78 is 5.26. The molecule has 1 rings (SSSR count). The van der Waals surface area contributed by atoms with Crippen molar-refractivity contribution in [2.75, 3.05) is 13.2 Å². The van der Waals surface area contributed by atoms with Gasteiger partial charge in [-0.05, 0) is 24.6 Å². The van der Waals surface area contributed by atoms with E-state index < -0.39 is 12.2 Å². The number of nitrogens with two attached hydrogens (primary N) is 1. The normalized spacial score (nSPS) is 14.7. The molecule has 0 saturated heterocycles. The molecular weight excluding hydrogens is 194 g/mol. The molecule has 0 radical (unpaired) electrons. The van der Waals surface area contributed by atoms with Crippen LogP contribution in [0.15, 0.2) is 24.3 Å². The summed E-state index contributed by atoms with van der Waals surface area (Å²) in [5.41, 5.74) is 5.89. The van der Waals surface area contributed by atoms with E-state index in [0.29, 0.717) is 12.2 Å². The zero-order chi connectivity index (χ0) is 11.3. The summed E-state index contributed by atoms with van der Waals surface area (Å²) in [4.78, 5) is 0. The SMILES string of the molecule is CCOc1ccc(C(O)C(O)CN)cc1. The Kier molecular flexibility index (Phi) is 4.55. The maximum absolute atomic E-state index is 9.64. The Balaban J connectivity index is 2.70. The molecule has 4 N–H and O–H groups in total. The van der Waals surface area contributed by atoms with E-state index in [4.69, 9.17) is 10.5 Å². The first-order chi connectivity index (χ1) is 7.19. The van der Waals surface area contributed by atoms with Gasteiger partial charge < -0.3 is 20.7 Å². The van der Waals surface area contributed by atoms with Crippen molar-refractivity contribution in [3.63, 3.8) is 0 Å². The number of ether oxygens (including phenoxy) is 1. The summed E-state index contributed by atoms with van der Waals surface area (Å²) in [6.07, 6.45) is -1.87. The number of aliphatic hydroxyl groups excluding tert-OH is 2. The van der Waals surface area contributed by atoms with Crippen molar-refractivity contribution in [1.82, 2.24) is 0 Å². The van der Waals surface area contributed by atoms with E-state index in [2.05, 4.69) is 0 Å². The molecule has 84 valence electrons. The molecule has 4 heteroatoms. The maximum Gasteiger partial charge on any atom is 0.119 e. The van der Waals surface area contributed by atoms with Crippen molar-refractivity contribution in [3.05, 3.63) is 29.8 Å². The fourth-order valence-corrected chi connectivity index (χ4v) is 1.28. The minimum atomic E-state index is -0.939. The third-order valence-electron chi connectivity index (χ3n) is 2.14. The number of hydrogen-bond donors (Lipinski definition) is 3. The van der Waals surface area contributed by atoms with Gasteiger partial charge in [-0.3, -0.25) is 0 Å². The second-order valence-electron chi connectivity index (χ2n) is 3.25. The van der Waals surface area contributed by atoms with Crippen LogP contribution in [-0.2, 0) is 0 Å². The van der Waals surface area contributed by atoms with E-state index in [1.54, 1.807) is 24.3 Å². The summed E-state index contributed by atoms with van der Waals surface area (Å²) in [5, 5.41) is 19.0. The highest BCUT2D eigenvalue weighted by molar-refractivity contribution is 5.28. The van der Waals surface area contributed by atoms with Crippen LogP contribution in [0.25, 0.3) is 0 Å². The molecule has 0 aliphatic heterocycles. The Morgan fingerprint density at radius 1 is 1.27 bits per heavy atom. The average molecular weight is 211 g/mol. The predicted molar refractivity (Wildman–Crippen MR) is 57.6 cm³/mol.